The van der Waals surface area contributed by atoms with Crippen LogP contribution in [0.25, 0.3) is 0 Å². The average Bonchev–Trinajstić information content (AvgIpc) is 2.08. The van der Waals surface area contributed by atoms with Crippen LogP contribution < -0.4 is 5.73 Å². The molecule has 0 aliphatic carbocycles. The largest absolute Gasteiger partial charge is 0.328 e. The number of hydrogen-bond donors (Lipinski definition) is 1. The molecule has 1 nitrogen and oxygen atoms in total. The Bertz CT molecular complexity index is 350. The van der Waals surface area contributed by atoms with Gasteiger partial charge in [-0.2, -0.15) is 0 Å². The van der Waals surface area contributed by atoms with Gasteiger partial charge in [0.15, 0.2) is 0 Å². The Morgan fingerprint density at radius 1 is 1.19 bits per heavy atom. The summed E-state index contributed by atoms with van der Waals surface area (Å²) in [4.78, 5) is 0. The molecule has 0 heterocycles. The molecule has 2 N–H and O–H groups in total. The van der Waals surface area contributed by atoms with Gasteiger partial charge < -0.3 is 5.73 Å². The maximum absolute atomic E-state index is 5.89. The molecule has 0 saturated heterocycles. The van der Waals surface area contributed by atoms with E-state index in [1.54, 1.807) is 0 Å². The van der Waals surface area contributed by atoms with E-state index in [4.69, 9.17) is 5.73 Å². The highest BCUT2D eigenvalue weighted by atomic mass is 14.6. The summed E-state index contributed by atoms with van der Waals surface area (Å²) in [5, 5.41) is 0. The van der Waals surface area contributed by atoms with E-state index in [0.717, 1.165) is 12.8 Å². The first-order valence-corrected chi connectivity index (χ1v) is 6.12. The zero-order valence-electron chi connectivity index (χ0n) is 11.3. The number of aryl methyl sites for hydroxylation is 2. The van der Waals surface area contributed by atoms with E-state index in [2.05, 4.69) is 52.8 Å². The summed E-state index contributed by atoms with van der Waals surface area (Å²) in [6.45, 7) is 11.0. The van der Waals surface area contributed by atoms with Crippen molar-refractivity contribution in [2.24, 2.45) is 11.1 Å². The molecule has 0 spiro atoms. The Kier molecular flexibility index (Phi) is 4.15. The van der Waals surface area contributed by atoms with Crippen molar-refractivity contribution in [1.82, 2.24) is 0 Å². The van der Waals surface area contributed by atoms with Gasteiger partial charge in [0.1, 0.15) is 0 Å². The molecule has 1 aromatic rings. The van der Waals surface area contributed by atoms with Crippen molar-refractivity contribution >= 4 is 0 Å². The summed E-state index contributed by atoms with van der Waals surface area (Å²) >= 11 is 0. The van der Waals surface area contributed by atoms with Crippen LogP contribution in [0.5, 0.6) is 0 Å². The standard InChI is InChI=1S/C15H25N/c1-11-6-7-14(8-12(11)2)10-15(4,5)9-13(3)16/h6-8,13H,9-10,16H2,1-5H3. The highest BCUT2D eigenvalue weighted by molar-refractivity contribution is 5.30. The molecular weight excluding hydrogens is 194 g/mol. The molecule has 1 atom stereocenters. The zero-order chi connectivity index (χ0) is 12.3. The minimum absolute atomic E-state index is 0.279. The van der Waals surface area contributed by atoms with Gasteiger partial charge in [-0.15, -0.1) is 0 Å². The van der Waals surface area contributed by atoms with Crippen LogP contribution in [-0.4, -0.2) is 6.04 Å². The van der Waals surface area contributed by atoms with Crippen molar-refractivity contribution in [3.05, 3.63) is 34.9 Å². The quantitative estimate of drug-likeness (QED) is 0.822. The van der Waals surface area contributed by atoms with Crippen LogP contribution >= 0.6 is 0 Å². The van der Waals surface area contributed by atoms with Crippen molar-refractivity contribution in [3.63, 3.8) is 0 Å². The van der Waals surface area contributed by atoms with E-state index in [1.807, 2.05) is 0 Å². The van der Waals surface area contributed by atoms with Crippen LogP contribution in [0.1, 0.15) is 43.9 Å². The van der Waals surface area contributed by atoms with Gasteiger partial charge in [-0.05, 0) is 55.7 Å². The molecule has 0 aliphatic rings. The first kappa shape index (κ1) is 13.2. The lowest BCUT2D eigenvalue weighted by Crippen LogP contribution is -2.26. The van der Waals surface area contributed by atoms with E-state index in [1.165, 1.54) is 16.7 Å². The predicted molar refractivity (Wildman–Crippen MR) is 71.7 cm³/mol. The summed E-state index contributed by atoms with van der Waals surface area (Å²) in [7, 11) is 0. The summed E-state index contributed by atoms with van der Waals surface area (Å²) < 4.78 is 0. The van der Waals surface area contributed by atoms with E-state index >= 15 is 0 Å². The highest BCUT2D eigenvalue weighted by Crippen LogP contribution is 2.27. The molecule has 0 aliphatic heterocycles. The second-order valence-electron chi connectivity index (χ2n) is 5.94. The fourth-order valence-corrected chi connectivity index (χ4v) is 2.41. The summed E-state index contributed by atoms with van der Waals surface area (Å²) in [5.74, 6) is 0. The van der Waals surface area contributed by atoms with Gasteiger partial charge in [0.2, 0.25) is 0 Å². The number of nitrogens with two attached hydrogens (primary N) is 1. The van der Waals surface area contributed by atoms with Crippen molar-refractivity contribution < 1.29 is 0 Å². The first-order chi connectivity index (χ1) is 7.30. The minimum Gasteiger partial charge on any atom is -0.328 e. The third kappa shape index (κ3) is 3.97. The molecule has 1 rings (SSSR count). The molecule has 0 aromatic heterocycles. The van der Waals surface area contributed by atoms with Gasteiger partial charge >= 0.3 is 0 Å². The lowest BCUT2D eigenvalue weighted by atomic mass is 9.80. The van der Waals surface area contributed by atoms with Crippen LogP contribution in [0, 0.1) is 19.3 Å². The highest BCUT2D eigenvalue weighted by Gasteiger charge is 2.20. The number of rotatable bonds is 4. The molecule has 0 fully saturated rings. The monoisotopic (exact) mass is 219 g/mol. The van der Waals surface area contributed by atoms with Crippen LogP contribution in [-0.2, 0) is 6.42 Å². The Labute approximate surface area is 100 Å². The summed E-state index contributed by atoms with van der Waals surface area (Å²) in [6, 6.07) is 7.04. The fourth-order valence-electron chi connectivity index (χ4n) is 2.41. The molecule has 0 radical (unpaired) electrons. The van der Waals surface area contributed by atoms with Gasteiger partial charge in [0.25, 0.3) is 0 Å². The molecule has 1 unspecified atom stereocenters. The number of benzene rings is 1. The zero-order valence-corrected chi connectivity index (χ0v) is 11.3. The maximum Gasteiger partial charge on any atom is 0.00156 e. The normalized spacial score (nSPS) is 13.9. The molecular formula is C15H25N. The molecule has 1 aromatic carbocycles. The van der Waals surface area contributed by atoms with E-state index < -0.39 is 0 Å². The van der Waals surface area contributed by atoms with Crippen LogP contribution in [0.3, 0.4) is 0 Å². The lowest BCUT2D eigenvalue weighted by molar-refractivity contribution is 0.309. The maximum atomic E-state index is 5.89. The molecule has 0 bridgehead atoms. The lowest BCUT2D eigenvalue weighted by Gasteiger charge is -2.27. The van der Waals surface area contributed by atoms with E-state index in [0.29, 0.717) is 0 Å². The Morgan fingerprint density at radius 2 is 1.81 bits per heavy atom. The Balaban J connectivity index is 2.76. The molecule has 90 valence electrons. The van der Waals surface area contributed by atoms with Gasteiger partial charge in [-0.25, -0.2) is 0 Å². The number of hydrogen-bond acceptors (Lipinski definition) is 1. The van der Waals surface area contributed by atoms with E-state index in [-0.39, 0.29) is 11.5 Å². The Hall–Kier alpha value is -0.820. The third-order valence-electron chi connectivity index (χ3n) is 3.13. The van der Waals surface area contributed by atoms with Gasteiger partial charge in [-0.3, -0.25) is 0 Å². The van der Waals surface area contributed by atoms with E-state index in [9.17, 15) is 0 Å². The smallest absolute Gasteiger partial charge is 0.00156 e. The van der Waals surface area contributed by atoms with Gasteiger partial charge in [0.05, 0.1) is 0 Å². The summed E-state index contributed by atoms with van der Waals surface area (Å²) in [6.07, 6.45) is 2.18. The fraction of sp³-hybridized carbons (Fsp3) is 0.600. The molecule has 0 amide bonds. The molecule has 1 heteroatoms. The van der Waals surface area contributed by atoms with Crippen molar-refractivity contribution in [1.29, 1.82) is 0 Å². The van der Waals surface area contributed by atoms with Crippen LogP contribution in [0.2, 0.25) is 0 Å². The van der Waals surface area contributed by atoms with Crippen molar-refractivity contribution in [2.45, 2.75) is 53.5 Å². The predicted octanol–water partition coefficient (Wildman–Crippen LogP) is 3.61. The van der Waals surface area contributed by atoms with Crippen molar-refractivity contribution in [3.8, 4) is 0 Å². The molecule has 16 heavy (non-hydrogen) atoms. The Morgan fingerprint density at radius 3 is 2.31 bits per heavy atom. The molecule has 0 saturated carbocycles. The van der Waals surface area contributed by atoms with Gasteiger partial charge in [0, 0.05) is 6.04 Å². The minimum atomic E-state index is 0.279. The third-order valence-corrected chi connectivity index (χ3v) is 3.13. The van der Waals surface area contributed by atoms with Gasteiger partial charge in [-0.1, -0.05) is 32.0 Å². The van der Waals surface area contributed by atoms with Crippen molar-refractivity contribution in [2.75, 3.05) is 0 Å². The van der Waals surface area contributed by atoms with Crippen LogP contribution in [0.15, 0.2) is 18.2 Å². The SMILES string of the molecule is Cc1ccc(CC(C)(C)CC(C)N)cc1C. The topological polar surface area (TPSA) is 26.0 Å². The first-order valence-electron chi connectivity index (χ1n) is 6.12. The second kappa shape index (κ2) is 5.01. The summed E-state index contributed by atoms with van der Waals surface area (Å²) in [5.41, 5.74) is 10.4. The average molecular weight is 219 g/mol. The second-order valence-corrected chi connectivity index (χ2v) is 5.94. The van der Waals surface area contributed by atoms with Crippen LogP contribution in [0.4, 0.5) is 0 Å².